The van der Waals surface area contributed by atoms with Crippen molar-refractivity contribution in [2.24, 2.45) is 4.99 Å². The minimum Gasteiger partial charge on any atom is -0.466 e. The van der Waals surface area contributed by atoms with Gasteiger partial charge in [0.05, 0.1) is 0 Å². The van der Waals surface area contributed by atoms with Crippen molar-refractivity contribution in [3.8, 4) is 5.75 Å². The molecule has 68 valence electrons. The molecule has 0 aromatic heterocycles. The third kappa shape index (κ3) is 1.49. The van der Waals surface area contributed by atoms with E-state index in [1.807, 2.05) is 32.0 Å². The van der Waals surface area contributed by atoms with Crippen molar-refractivity contribution >= 4 is 11.9 Å². The van der Waals surface area contributed by atoms with Gasteiger partial charge in [0.1, 0.15) is 5.75 Å². The van der Waals surface area contributed by atoms with Crippen LogP contribution in [0, 0.1) is 0 Å². The van der Waals surface area contributed by atoms with Crippen molar-refractivity contribution in [3.63, 3.8) is 0 Å². The molecule has 1 aliphatic heterocycles. The number of hydrogen-bond acceptors (Lipinski definition) is 3. The largest absolute Gasteiger partial charge is 0.466 e. The van der Waals surface area contributed by atoms with Crippen molar-refractivity contribution in [1.82, 2.24) is 0 Å². The van der Waals surface area contributed by atoms with Gasteiger partial charge in [0.15, 0.2) is 5.72 Å². The standard InChI is InChI=1S/C10H12N2O/c1-10(2)12-6-7-5-8(11)3-4-9(7)13-10/h3-6H,11H2,1-2H3. The van der Waals surface area contributed by atoms with Crippen LogP contribution in [-0.4, -0.2) is 11.9 Å². The van der Waals surface area contributed by atoms with Crippen LogP contribution in [0.25, 0.3) is 0 Å². The Bertz CT molecular complexity index is 369. The summed E-state index contributed by atoms with van der Waals surface area (Å²) in [6.45, 7) is 3.84. The van der Waals surface area contributed by atoms with Gasteiger partial charge in [0.2, 0.25) is 0 Å². The Morgan fingerprint density at radius 3 is 2.92 bits per heavy atom. The van der Waals surface area contributed by atoms with E-state index in [1.54, 1.807) is 6.21 Å². The lowest BCUT2D eigenvalue weighted by Crippen LogP contribution is -2.28. The van der Waals surface area contributed by atoms with Gasteiger partial charge in [-0.2, -0.15) is 0 Å². The van der Waals surface area contributed by atoms with E-state index < -0.39 is 5.72 Å². The van der Waals surface area contributed by atoms with Crippen molar-refractivity contribution < 1.29 is 4.74 Å². The van der Waals surface area contributed by atoms with Crippen LogP contribution in [0.2, 0.25) is 0 Å². The number of nitrogens with zero attached hydrogens (tertiary/aromatic N) is 1. The van der Waals surface area contributed by atoms with Gasteiger partial charge in [-0.05, 0) is 32.0 Å². The average Bonchev–Trinajstić information content (AvgIpc) is 2.05. The van der Waals surface area contributed by atoms with Crippen molar-refractivity contribution in [2.45, 2.75) is 19.6 Å². The molecule has 0 saturated carbocycles. The quantitative estimate of drug-likeness (QED) is 0.613. The number of fused-ring (bicyclic) bond motifs is 1. The Labute approximate surface area is 77.2 Å². The van der Waals surface area contributed by atoms with Gasteiger partial charge in [-0.25, -0.2) is 4.99 Å². The summed E-state index contributed by atoms with van der Waals surface area (Å²) in [6, 6.07) is 5.56. The predicted octanol–water partition coefficient (Wildman–Crippen LogP) is 1.82. The number of hydrogen-bond donors (Lipinski definition) is 1. The first kappa shape index (κ1) is 8.10. The second-order valence-electron chi connectivity index (χ2n) is 3.60. The maximum atomic E-state index is 5.63. The molecule has 1 aliphatic rings. The topological polar surface area (TPSA) is 47.6 Å². The summed E-state index contributed by atoms with van der Waals surface area (Å²) >= 11 is 0. The van der Waals surface area contributed by atoms with Crippen LogP contribution >= 0.6 is 0 Å². The zero-order valence-electron chi connectivity index (χ0n) is 7.74. The number of benzene rings is 1. The highest BCUT2D eigenvalue weighted by atomic mass is 16.5. The summed E-state index contributed by atoms with van der Waals surface area (Å²) < 4.78 is 5.62. The van der Waals surface area contributed by atoms with Crippen molar-refractivity contribution in [1.29, 1.82) is 0 Å². The van der Waals surface area contributed by atoms with Gasteiger partial charge in [-0.3, -0.25) is 0 Å². The van der Waals surface area contributed by atoms with Crippen molar-refractivity contribution in [2.75, 3.05) is 5.73 Å². The van der Waals surface area contributed by atoms with E-state index in [0.29, 0.717) is 0 Å². The number of nitrogens with two attached hydrogens (primary N) is 1. The molecule has 0 spiro atoms. The highest BCUT2D eigenvalue weighted by Crippen LogP contribution is 2.28. The fourth-order valence-electron chi connectivity index (χ4n) is 1.28. The molecule has 0 saturated heterocycles. The highest BCUT2D eigenvalue weighted by molar-refractivity contribution is 5.86. The van der Waals surface area contributed by atoms with E-state index in [9.17, 15) is 0 Å². The Morgan fingerprint density at radius 1 is 1.38 bits per heavy atom. The molecule has 2 rings (SSSR count). The lowest BCUT2D eigenvalue weighted by molar-refractivity contribution is 0.116. The van der Waals surface area contributed by atoms with Crippen LogP contribution in [0.15, 0.2) is 23.2 Å². The minimum atomic E-state index is -0.455. The first-order valence-corrected chi connectivity index (χ1v) is 4.21. The normalized spacial score (nSPS) is 17.7. The average molecular weight is 176 g/mol. The molecule has 1 aromatic carbocycles. The Balaban J connectivity index is 2.47. The molecule has 0 unspecified atom stereocenters. The van der Waals surface area contributed by atoms with Crippen LogP contribution in [0.4, 0.5) is 5.69 Å². The zero-order chi connectivity index (χ0) is 9.47. The molecule has 1 heterocycles. The number of aliphatic imine (C=N–C) groups is 1. The van der Waals surface area contributed by atoms with Gasteiger partial charge in [-0.15, -0.1) is 0 Å². The molecule has 0 amide bonds. The van der Waals surface area contributed by atoms with E-state index in [0.717, 1.165) is 17.0 Å². The van der Waals surface area contributed by atoms with Gasteiger partial charge >= 0.3 is 0 Å². The second kappa shape index (κ2) is 2.49. The fourth-order valence-corrected chi connectivity index (χ4v) is 1.28. The number of anilines is 1. The molecule has 1 aromatic rings. The number of rotatable bonds is 0. The summed E-state index contributed by atoms with van der Waals surface area (Å²) in [7, 11) is 0. The highest BCUT2D eigenvalue weighted by Gasteiger charge is 2.22. The molecular weight excluding hydrogens is 164 g/mol. The van der Waals surface area contributed by atoms with Crippen LogP contribution in [0.5, 0.6) is 5.75 Å². The summed E-state index contributed by atoms with van der Waals surface area (Å²) in [4.78, 5) is 4.24. The first-order valence-electron chi connectivity index (χ1n) is 4.21. The molecule has 0 bridgehead atoms. The summed E-state index contributed by atoms with van der Waals surface area (Å²) in [5.41, 5.74) is 6.85. The maximum absolute atomic E-state index is 5.63. The number of nitrogen functional groups attached to an aromatic ring is 1. The lowest BCUT2D eigenvalue weighted by atomic mass is 10.1. The van der Waals surface area contributed by atoms with Gasteiger partial charge in [0.25, 0.3) is 0 Å². The van der Waals surface area contributed by atoms with Gasteiger partial charge < -0.3 is 10.5 Å². The molecule has 2 N–H and O–H groups in total. The monoisotopic (exact) mass is 176 g/mol. The van der Waals surface area contributed by atoms with Crippen molar-refractivity contribution in [3.05, 3.63) is 23.8 Å². The molecular formula is C10H12N2O. The Morgan fingerprint density at radius 2 is 2.15 bits per heavy atom. The molecule has 0 fully saturated rings. The van der Waals surface area contributed by atoms with E-state index in [2.05, 4.69) is 4.99 Å². The smallest absolute Gasteiger partial charge is 0.194 e. The third-order valence-electron chi connectivity index (χ3n) is 1.91. The predicted molar refractivity (Wildman–Crippen MR) is 53.2 cm³/mol. The maximum Gasteiger partial charge on any atom is 0.194 e. The van der Waals surface area contributed by atoms with Crippen LogP contribution in [0.1, 0.15) is 19.4 Å². The molecule has 3 nitrogen and oxygen atoms in total. The second-order valence-corrected chi connectivity index (χ2v) is 3.60. The summed E-state index contributed by atoms with van der Waals surface area (Å²) in [6.07, 6.45) is 1.80. The summed E-state index contributed by atoms with van der Waals surface area (Å²) in [5, 5.41) is 0. The zero-order valence-corrected chi connectivity index (χ0v) is 7.74. The first-order chi connectivity index (χ1) is 6.07. The molecule has 0 atom stereocenters. The SMILES string of the molecule is CC1(C)N=Cc2cc(N)ccc2O1. The molecule has 0 aliphatic carbocycles. The Kier molecular flexibility index (Phi) is 1.55. The van der Waals surface area contributed by atoms with Gasteiger partial charge in [-0.1, -0.05) is 0 Å². The molecule has 13 heavy (non-hydrogen) atoms. The van der Waals surface area contributed by atoms with Gasteiger partial charge in [0, 0.05) is 17.5 Å². The fraction of sp³-hybridized carbons (Fsp3) is 0.300. The van der Waals surface area contributed by atoms with E-state index >= 15 is 0 Å². The third-order valence-corrected chi connectivity index (χ3v) is 1.91. The lowest BCUT2D eigenvalue weighted by Gasteiger charge is -2.26. The van der Waals surface area contributed by atoms with Crippen LogP contribution in [-0.2, 0) is 0 Å². The Hall–Kier alpha value is -1.51. The van der Waals surface area contributed by atoms with Crippen LogP contribution < -0.4 is 10.5 Å². The van der Waals surface area contributed by atoms with E-state index in [-0.39, 0.29) is 0 Å². The van der Waals surface area contributed by atoms with Crippen LogP contribution in [0.3, 0.4) is 0 Å². The molecule has 3 heteroatoms. The minimum absolute atomic E-state index is 0.455. The van der Waals surface area contributed by atoms with E-state index in [1.165, 1.54) is 0 Å². The molecule has 0 radical (unpaired) electrons. The summed E-state index contributed by atoms with van der Waals surface area (Å²) in [5.74, 6) is 0.842. The van der Waals surface area contributed by atoms with E-state index in [4.69, 9.17) is 10.5 Å². The number of ether oxygens (including phenoxy) is 1.